The third kappa shape index (κ3) is 2.10. The average Bonchev–Trinajstić information content (AvgIpc) is 2.78. The molecule has 1 unspecified atom stereocenters. The van der Waals surface area contributed by atoms with Gasteiger partial charge in [0.1, 0.15) is 0 Å². The summed E-state index contributed by atoms with van der Waals surface area (Å²) in [6, 6.07) is 9.08. The summed E-state index contributed by atoms with van der Waals surface area (Å²) in [7, 11) is 0. The third-order valence-corrected chi connectivity index (χ3v) is 4.64. The molecule has 3 rings (SSSR count). The van der Waals surface area contributed by atoms with Gasteiger partial charge in [0.15, 0.2) is 0 Å². The van der Waals surface area contributed by atoms with E-state index in [1.54, 1.807) is 5.57 Å². The van der Waals surface area contributed by atoms with E-state index in [2.05, 4.69) is 50.8 Å². The van der Waals surface area contributed by atoms with Crippen LogP contribution in [0, 0.1) is 5.92 Å². The van der Waals surface area contributed by atoms with E-state index >= 15 is 0 Å². The topological polar surface area (TPSA) is 0 Å². The molecule has 0 aliphatic heterocycles. The van der Waals surface area contributed by atoms with Crippen molar-refractivity contribution in [1.82, 2.24) is 0 Å². The first-order valence-corrected chi connectivity index (χ1v) is 7.42. The van der Waals surface area contributed by atoms with Gasteiger partial charge in [-0.15, -0.1) is 0 Å². The second kappa shape index (κ2) is 4.85. The van der Waals surface area contributed by atoms with E-state index in [9.17, 15) is 0 Å². The quantitative estimate of drug-likeness (QED) is 0.666. The van der Waals surface area contributed by atoms with Gasteiger partial charge in [-0.1, -0.05) is 56.3 Å². The van der Waals surface area contributed by atoms with Crippen LogP contribution in [0.2, 0.25) is 0 Å². The molecule has 0 heterocycles. The maximum Gasteiger partial charge on any atom is 0.00350 e. The summed E-state index contributed by atoms with van der Waals surface area (Å²) in [5.41, 5.74) is 8.69. The largest absolute Gasteiger partial charge is 0.0952 e. The highest BCUT2D eigenvalue weighted by atomic mass is 14.3. The van der Waals surface area contributed by atoms with Gasteiger partial charge >= 0.3 is 0 Å². The van der Waals surface area contributed by atoms with E-state index < -0.39 is 0 Å². The standard InChI is InChI=1S/C19H22/c1-4-15-8-10-16(11-9-15)19-12-18-13(2)6-5-7-17(18)14(19)3/h8-12,14H,2,4-7H2,1,3H3. The summed E-state index contributed by atoms with van der Waals surface area (Å²) in [5.74, 6) is 0.569. The van der Waals surface area contributed by atoms with Crippen LogP contribution < -0.4 is 0 Å². The minimum atomic E-state index is 0.569. The summed E-state index contributed by atoms with van der Waals surface area (Å²) in [5, 5.41) is 0. The molecule has 0 radical (unpaired) electrons. The van der Waals surface area contributed by atoms with Crippen molar-refractivity contribution in [3.63, 3.8) is 0 Å². The van der Waals surface area contributed by atoms with Gasteiger partial charge in [0.05, 0.1) is 0 Å². The highest BCUT2D eigenvalue weighted by Gasteiger charge is 2.28. The Morgan fingerprint density at radius 1 is 1.16 bits per heavy atom. The fraction of sp³-hybridized carbons (Fsp3) is 0.368. The number of allylic oxidation sites excluding steroid dienone is 5. The van der Waals surface area contributed by atoms with E-state index in [1.165, 1.54) is 47.1 Å². The predicted molar refractivity (Wildman–Crippen MR) is 83.0 cm³/mol. The van der Waals surface area contributed by atoms with E-state index in [4.69, 9.17) is 0 Å². The smallest absolute Gasteiger partial charge is 0.00350 e. The van der Waals surface area contributed by atoms with Crippen molar-refractivity contribution in [3.05, 3.63) is 64.8 Å². The van der Waals surface area contributed by atoms with Crippen molar-refractivity contribution in [2.45, 2.75) is 39.5 Å². The van der Waals surface area contributed by atoms with Crippen molar-refractivity contribution in [2.24, 2.45) is 5.92 Å². The van der Waals surface area contributed by atoms with Gasteiger partial charge in [-0.05, 0) is 53.5 Å². The minimum Gasteiger partial charge on any atom is -0.0952 e. The lowest BCUT2D eigenvalue weighted by Gasteiger charge is -2.20. The zero-order valence-corrected chi connectivity index (χ0v) is 12.0. The SMILES string of the molecule is C=C1CCCC2=C1C=C(c1ccc(CC)cc1)C2C. The lowest BCUT2D eigenvalue weighted by molar-refractivity contribution is 0.712. The summed E-state index contributed by atoms with van der Waals surface area (Å²) in [6.07, 6.45) is 7.20. The third-order valence-electron chi connectivity index (χ3n) is 4.64. The molecule has 0 aromatic heterocycles. The second-order valence-electron chi connectivity index (χ2n) is 5.77. The van der Waals surface area contributed by atoms with Gasteiger partial charge in [0.25, 0.3) is 0 Å². The lowest BCUT2D eigenvalue weighted by Crippen LogP contribution is -2.04. The van der Waals surface area contributed by atoms with Crippen molar-refractivity contribution in [3.8, 4) is 0 Å². The molecule has 0 saturated heterocycles. The molecule has 2 aliphatic carbocycles. The zero-order valence-electron chi connectivity index (χ0n) is 12.0. The number of aryl methyl sites for hydroxylation is 1. The Kier molecular flexibility index (Phi) is 3.18. The molecule has 0 amide bonds. The molecule has 0 saturated carbocycles. The maximum atomic E-state index is 4.24. The Hall–Kier alpha value is -1.56. The normalized spacial score (nSPS) is 22.5. The Labute approximate surface area is 116 Å². The van der Waals surface area contributed by atoms with Gasteiger partial charge in [-0.2, -0.15) is 0 Å². The Morgan fingerprint density at radius 2 is 1.89 bits per heavy atom. The van der Waals surface area contributed by atoms with E-state index in [0.717, 1.165) is 6.42 Å². The first-order valence-electron chi connectivity index (χ1n) is 7.42. The van der Waals surface area contributed by atoms with Crippen molar-refractivity contribution in [1.29, 1.82) is 0 Å². The molecular weight excluding hydrogens is 228 g/mol. The van der Waals surface area contributed by atoms with Crippen LogP contribution in [0.4, 0.5) is 0 Å². The summed E-state index contributed by atoms with van der Waals surface area (Å²) in [4.78, 5) is 0. The maximum absolute atomic E-state index is 4.24. The van der Waals surface area contributed by atoms with E-state index in [0.29, 0.717) is 5.92 Å². The van der Waals surface area contributed by atoms with Crippen LogP contribution in [-0.2, 0) is 6.42 Å². The lowest BCUT2D eigenvalue weighted by atomic mass is 9.85. The van der Waals surface area contributed by atoms with Crippen molar-refractivity contribution >= 4 is 5.57 Å². The Morgan fingerprint density at radius 3 is 2.53 bits per heavy atom. The summed E-state index contributed by atoms with van der Waals surface area (Å²) < 4.78 is 0. The van der Waals surface area contributed by atoms with Crippen LogP contribution in [0.3, 0.4) is 0 Å². The predicted octanol–water partition coefficient (Wildman–Crippen LogP) is 5.32. The highest BCUT2D eigenvalue weighted by Crippen LogP contribution is 2.45. The highest BCUT2D eigenvalue weighted by molar-refractivity contribution is 5.79. The molecule has 0 nitrogen and oxygen atoms in total. The van der Waals surface area contributed by atoms with Crippen LogP contribution in [0.1, 0.15) is 44.2 Å². The molecule has 98 valence electrons. The Bertz CT molecular complexity index is 567. The molecule has 0 heteroatoms. The molecule has 1 aromatic rings. The van der Waals surface area contributed by atoms with Crippen molar-refractivity contribution in [2.75, 3.05) is 0 Å². The summed E-state index contributed by atoms with van der Waals surface area (Å²) >= 11 is 0. The van der Waals surface area contributed by atoms with Gasteiger partial charge in [0, 0.05) is 5.92 Å². The van der Waals surface area contributed by atoms with Gasteiger partial charge in [-0.25, -0.2) is 0 Å². The van der Waals surface area contributed by atoms with Gasteiger partial charge in [0.2, 0.25) is 0 Å². The molecule has 0 N–H and O–H groups in total. The summed E-state index contributed by atoms with van der Waals surface area (Å²) in [6.45, 7) is 8.80. The van der Waals surface area contributed by atoms with Crippen LogP contribution >= 0.6 is 0 Å². The number of hydrogen-bond donors (Lipinski definition) is 0. The number of benzene rings is 1. The van der Waals surface area contributed by atoms with Gasteiger partial charge in [-0.3, -0.25) is 0 Å². The number of hydrogen-bond acceptors (Lipinski definition) is 0. The van der Waals surface area contributed by atoms with Crippen LogP contribution in [-0.4, -0.2) is 0 Å². The van der Waals surface area contributed by atoms with Crippen molar-refractivity contribution < 1.29 is 0 Å². The fourth-order valence-electron chi connectivity index (χ4n) is 3.37. The molecule has 0 spiro atoms. The number of rotatable bonds is 2. The second-order valence-corrected chi connectivity index (χ2v) is 5.77. The van der Waals surface area contributed by atoms with Crippen LogP contribution in [0.15, 0.2) is 53.6 Å². The Balaban J connectivity index is 1.95. The molecule has 19 heavy (non-hydrogen) atoms. The van der Waals surface area contributed by atoms with E-state index in [-0.39, 0.29) is 0 Å². The monoisotopic (exact) mass is 250 g/mol. The first kappa shape index (κ1) is 12.5. The van der Waals surface area contributed by atoms with Gasteiger partial charge < -0.3 is 0 Å². The first-order chi connectivity index (χ1) is 9.20. The average molecular weight is 250 g/mol. The minimum absolute atomic E-state index is 0.569. The molecule has 1 aromatic carbocycles. The molecule has 0 bridgehead atoms. The van der Waals surface area contributed by atoms with Crippen LogP contribution in [0.25, 0.3) is 5.57 Å². The zero-order chi connectivity index (χ0) is 13.4. The molecule has 1 atom stereocenters. The van der Waals surface area contributed by atoms with Crippen LogP contribution in [0.5, 0.6) is 0 Å². The fourth-order valence-corrected chi connectivity index (χ4v) is 3.37. The molecule has 0 fully saturated rings. The van der Waals surface area contributed by atoms with E-state index in [1.807, 2.05) is 0 Å². The molecular formula is C19H22. The molecule has 2 aliphatic rings.